The molecule has 1 saturated heterocycles. The van der Waals surface area contributed by atoms with Crippen LogP contribution in [0.15, 0.2) is 12.3 Å². The average molecular weight is 464 g/mol. The molecule has 1 aliphatic rings. The van der Waals surface area contributed by atoms with Gasteiger partial charge in [-0.25, -0.2) is 4.98 Å². The van der Waals surface area contributed by atoms with E-state index >= 15 is 0 Å². The topological polar surface area (TPSA) is 112 Å². The largest absolute Gasteiger partial charge is 0.503 e. The molecule has 0 spiro atoms. The summed E-state index contributed by atoms with van der Waals surface area (Å²) in [6.45, 7) is 7.38. The predicted molar refractivity (Wildman–Crippen MR) is 122 cm³/mol. The number of methoxy groups -OCH3 is 1. The maximum atomic E-state index is 13.0. The molecule has 8 nitrogen and oxygen atoms in total. The number of Topliss-reactive ketones (excluding diaryl/α,β-unsaturated/α-hetero) is 1. The molecule has 0 amide bonds. The normalized spacial score (nSPS) is 24.1. The van der Waals surface area contributed by atoms with Crippen molar-refractivity contribution >= 4 is 17.7 Å². The smallest absolute Gasteiger partial charge is 0.309 e. The van der Waals surface area contributed by atoms with Gasteiger partial charge in [0.1, 0.15) is 12.2 Å². The second kappa shape index (κ2) is 12.6. The van der Waals surface area contributed by atoms with Crippen molar-refractivity contribution in [2.24, 2.45) is 17.8 Å². The van der Waals surface area contributed by atoms with Crippen molar-refractivity contribution in [2.45, 2.75) is 84.8 Å². The van der Waals surface area contributed by atoms with E-state index in [4.69, 9.17) is 14.2 Å². The van der Waals surface area contributed by atoms with Crippen molar-refractivity contribution in [2.75, 3.05) is 7.11 Å². The fourth-order valence-electron chi connectivity index (χ4n) is 4.26. The Bertz CT molecular complexity index is 823. The predicted octanol–water partition coefficient (Wildman–Crippen LogP) is 4.47. The van der Waals surface area contributed by atoms with Crippen molar-refractivity contribution in [3.63, 3.8) is 0 Å². The maximum absolute atomic E-state index is 13.0. The summed E-state index contributed by atoms with van der Waals surface area (Å²) in [6, 6.07) is 1.46. The molecule has 0 aromatic carbocycles. The summed E-state index contributed by atoms with van der Waals surface area (Å²) in [6.07, 6.45) is 4.85. The van der Waals surface area contributed by atoms with Crippen molar-refractivity contribution in [3.8, 4) is 11.5 Å². The molecule has 8 heteroatoms. The third-order valence-electron chi connectivity index (χ3n) is 6.13. The van der Waals surface area contributed by atoms with Crippen molar-refractivity contribution < 1.29 is 33.7 Å². The van der Waals surface area contributed by atoms with Gasteiger partial charge in [0.15, 0.2) is 23.0 Å². The average Bonchev–Trinajstić information content (AvgIpc) is 2.77. The Morgan fingerprint density at radius 1 is 1.27 bits per heavy atom. The fourth-order valence-corrected chi connectivity index (χ4v) is 4.26. The third kappa shape index (κ3) is 7.17. The Kier molecular flexibility index (Phi) is 10.1. The zero-order valence-electron chi connectivity index (χ0n) is 20.3. The van der Waals surface area contributed by atoms with E-state index in [9.17, 15) is 19.5 Å². The summed E-state index contributed by atoms with van der Waals surface area (Å²) >= 11 is 0. The summed E-state index contributed by atoms with van der Waals surface area (Å²) in [5.41, 5.74) is -0.126. The van der Waals surface area contributed by atoms with Gasteiger partial charge in [0.25, 0.3) is 0 Å². The number of carbonyl (C=O) groups is 3. The van der Waals surface area contributed by atoms with Crippen LogP contribution in [0.1, 0.15) is 83.1 Å². The highest BCUT2D eigenvalue weighted by atomic mass is 16.6. The lowest BCUT2D eigenvalue weighted by Crippen LogP contribution is -2.41. The quantitative estimate of drug-likeness (QED) is 0.444. The van der Waals surface area contributed by atoms with Gasteiger partial charge >= 0.3 is 11.9 Å². The molecule has 0 saturated carbocycles. The lowest BCUT2D eigenvalue weighted by atomic mass is 9.86. The molecule has 0 unspecified atom stereocenters. The number of rotatable bonds is 8. The van der Waals surface area contributed by atoms with Gasteiger partial charge in [0.2, 0.25) is 0 Å². The van der Waals surface area contributed by atoms with Gasteiger partial charge in [-0.2, -0.15) is 0 Å². The van der Waals surface area contributed by atoms with Crippen molar-refractivity contribution in [1.82, 2.24) is 4.98 Å². The highest BCUT2D eigenvalue weighted by molar-refractivity contribution is 5.99. The first-order valence-electron chi connectivity index (χ1n) is 11.9. The van der Waals surface area contributed by atoms with Crippen LogP contribution in [0, 0.1) is 17.8 Å². The van der Waals surface area contributed by atoms with Gasteiger partial charge in [0, 0.05) is 18.7 Å². The number of esters is 2. The van der Waals surface area contributed by atoms with Crippen molar-refractivity contribution in [3.05, 3.63) is 18.0 Å². The van der Waals surface area contributed by atoms with Gasteiger partial charge < -0.3 is 19.3 Å². The fraction of sp³-hybridized carbons (Fsp3) is 0.680. The van der Waals surface area contributed by atoms with E-state index in [0.717, 1.165) is 32.1 Å². The number of hydrogen-bond acceptors (Lipinski definition) is 8. The highest BCUT2D eigenvalue weighted by Crippen LogP contribution is 2.32. The Morgan fingerprint density at radius 2 is 1.97 bits per heavy atom. The van der Waals surface area contributed by atoms with Gasteiger partial charge in [-0.05, 0) is 32.1 Å². The van der Waals surface area contributed by atoms with Crippen LogP contribution < -0.4 is 4.74 Å². The molecule has 2 rings (SSSR count). The SMILES string of the molecule is CCC[C@H]1CCCC[C@H](CC(=O)c2nccc(OC)c2O)C(=O)O[C@@H](C)[C@@H]1OC(=O)C(C)C. The molecule has 0 bridgehead atoms. The number of pyridine rings is 1. The van der Waals surface area contributed by atoms with E-state index in [2.05, 4.69) is 11.9 Å². The molecule has 1 fully saturated rings. The van der Waals surface area contributed by atoms with Gasteiger partial charge in [-0.15, -0.1) is 0 Å². The molecule has 1 aliphatic heterocycles. The van der Waals surface area contributed by atoms with Crippen LogP contribution in [0.2, 0.25) is 0 Å². The Labute approximate surface area is 196 Å². The minimum atomic E-state index is -0.670. The van der Waals surface area contributed by atoms with E-state index in [-0.39, 0.29) is 41.4 Å². The second-order valence-electron chi connectivity index (χ2n) is 9.07. The first-order valence-corrected chi connectivity index (χ1v) is 11.9. The zero-order chi connectivity index (χ0) is 24.5. The minimum absolute atomic E-state index is 0.108. The second-order valence-corrected chi connectivity index (χ2v) is 9.07. The summed E-state index contributed by atoms with van der Waals surface area (Å²) in [5, 5.41) is 10.2. The summed E-state index contributed by atoms with van der Waals surface area (Å²) in [7, 11) is 1.39. The van der Waals surface area contributed by atoms with Crippen LogP contribution in [0.4, 0.5) is 0 Å². The van der Waals surface area contributed by atoms with Crippen LogP contribution in [0.5, 0.6) is 11.5 Å². The number of aromatic nitrogens is 1. The first kappa shape index (κ1) is 26.6. The van der Waals surface area contributed by atoms with Crippen LogP contribution in [-0.2, 0) is 19.1 Å². The van der Waals surface area contributed by atoms with E-state index in [1.54, 1.807) is 20.8 Å². The Hall–Kier alpha value is -2.64. The van der Waals surface area contributed by atoms with E-state index in [1.807, 2.05) is 0 Å². The lowest BCUT2D eigenvalue weighted by Gasteiger charge is -2.33. The highest BCUT2D eigenvalue weighted by Gasteiger charge is 2.36. The number of cyclic esters (lactones) is 1. The maximum Gasteiger partial charge on any atom is 0.309 e. The van der Waals surface area contributed by atoms with Crippen LogP contribution in [0.25, 0.3) is 0 Å². The molecule has 2 heterocycles. The monoisotopic (exact) mass is 463 g/mol. The molecule has 1 aromatic heterocycles. The number of ketones is 1. The Balaban J connectivity index is 2.20. The number of nitrogens with zero attached hydrogens (tertiary/aromatic N) is 1. The van der Waals surface area contributed by atoms with Gasteiger partial charge in [-0.1, -0.05) is 40.0 Å². The summed E-state index contributed by atoms with van der Waals surface area (Å²) in [4.78, 5) is 42.2. The molecule has 4 atom stereocenters. The molecule has 184 valence electrons. The van der Waals surface area contributed by atoms with E-state index in [1.165, 1.54) is 19.4 Å². The number of ether oxygens (including phenoxy) is 3. The summed E-state index contributed by atoms with van der Waals surface area (Å²) in [5.74, 6) is -2.30. The van der Waals surface area contributed by atoms with E-state index in [0.29, 0.717) is 6.42 Å². The van der Waals surface area contributed by atoms with Gasteiger partial charge in [0.05, 0.1) is 18.9 Å². The number of carbonyl (C=O) groups excluding carboxylic acids is 3. The van der Waals surface area contributed by atoms with Crippen LogP contribution >= 0.6 is 0 Å². The van der Waals surface area contributed by atoms with Crippen LogP contribution in [-0.4, -0.2) is 47.1 Å². The number of hydrogen-bond donors (Lipinski definition) is 1. The van der Waals surface area contributed by atoms with Crippen molar-refractivity contribution in [1.29, 1.82) is 0 Å². The minimum Gasteiger partial charge on any atom is -0.503 e. The molecule has 1 aromatic rings. The molecular weight excluding hydrogens is 426 g/mol. The molecule has 1 N–H and O–H groups in total. The molecule has 33 heavy (non-hydrogen) atoms. The summed E-state index contributed by atoms with van der Waals surface area (Å²) < 4.78 is 16.6. The lowest BCUT2D eigenvalue weighted by molar-refractivity contribution is -0.177. The molecule has 0 aliphatic carbocycles. The zero-order valence-corrected chi connectivity index (χ0v) is 20.3. The molecular formula is C25H37NO7. The first-order chi connectivity index (χ1) is 15.7. The van der Waals surface area contributed by atoms with E-state index < -0.39 is 29.9 Å². The van der Waals surface area contributed by atoms with Gasteiger partial charge in [-0.3, -0.25) is 14.4 Å². The Morgan fingerprint density at radius 3 is 2.61 bits per heavy atom. The van der Waals surface area contributed by atoms with Crippen LogP contribution in [0.3, 0.4) is 0 Å². The third-order valence-corrected chi connectivity index (χ3v) is 6.13. The number of aromatic hydroxyl groups is 1. The standard InChI is InChI=1S/C25H37NO7/c1-6-9-17-10-7-8-11-18(14-19(27)21-22(28)20(31-5)12-13-26-21)25(30)32-16(4)23(17)33-24(29)15(2)3/h12-13,15-18,23,28H,6-11,14H2,1-5H3/t16-,17-,18+,23-/m0/s1. The molecule has 0 radical (unpaired) electrons.